The lowest BCUT2D eigenvalue weighted by molar-refractivity contribution is 0.568. The number of nitrogens with zero attached hydrogens (tertiary/aromatic N) is 2. The zero-order chi connectivity index (χ0) is 17.3. The van der Waals surface area contributed by atoms with Gasteiger partial charge in [0, 0.05) is 18.0 Å². The molecule has 24 heavy (non-hydrogen) atoms. The molecule has 0 aliphatic rings. The maximum atomic E-state index is 13.7. The van der Waals surface area contributed by atoms with Crippen molar-refractivity contribution in [3.8, 4) is 11.3 Å². The quantitative estimate of drug-likeness (QED) is 0.777. The molecular weight excluding hydrogens is 349 g/mol. The fourth-order valence-corrected chi connectivity index (χ4v) is 3.78. The molecule has 0 bridgehead atoms. The van der Waals surface area contributed by atoms with E-state index in [9.17, 15) is 12.8 Å². The van der Waals surface area contributed by atoms with E-state index in [0.29, 0.717) is 5.56 Å². The van der Waals surface area contributed by atoms with Gasteiger partial charge in [-0.05, 0) is 30.3 Å². The van der Waals surface area contributed by atoms with E-state index in [1.807, 2.05) is 47.3 Å². The van der Waals surface area contributed by atoms with Gasteiger partial charge in [0.05, 0.1) is 11.4 Å². The number of rotatable bonds is 3. The lowest BCUT2D eigenvalue weighted by Crippen LogP contribution is -2.15. The zero-order valence-corrected chi connectivity index (χ0v) is 14.3. The first kappa shape index (κ1) is 16.6. The van der Waals surface area contributed by atoms with Crippen LogP contribution in [0.1, 0.15) is 0 Å². The first-order valence-corrected chi connectivity index (χ1v) is 9.36. The van der Waals surface area contributed by atoms with Crippen LogP contribution in [-0.2, 0) is 17.1 Å². The fourth-order valence-electron chi connectivity index (χ4n) is 2.23. The number of nitrogens with two attached hydrogens (primary N) is 1. The first-order valence-electron chi connectivity index (χ1n) is 6.93. The minimum atomic E-state index is -4.12. The monoisotopic (exact) mass is 363 g/mol. The number of hydrogen-bond donors (Lipinski definition) is 1. The highest BCUT2D eigenvalue weighted by Gasteiger charge is 2.16. The van der Waals surface area contributed by atoms with Gasteiger partial charge in [0.25, 0.3) is 0 Å². The van der Waals surface area contributed by atoms with Crippen LogP contribution in [0.5, 0.6) is 0 Å². The largest absolute Gasteiger partial charge is 0.320 e. The second kappa shape index (κ2) is 6.31. The van der Waals surface area contributed by atoms with Crippen LogP contribution in [0, 0.1) is 5.82 Å². The molecule has 5 nitrogen and oxygen atoms in total. The molecule has 0 saturated heterocycles. The number of hydrogen-bond acceptors (Lipinski definition) is 4. The molecule has 0 radical (unpaired) electrons. The van der Waals surface area contributed by atoms with Gasteiger partial charge in [-0.15, -0.1) is 11.3 Å². The standard InChI is InChI=1S/C16H14FN3O2S2/c1-20-14(10-23-16(20)19-12-5-3-2-4-6-12)11-7-8-13(17)15(9-11)24(18,21)22/h2-10H,1H3,(H2,18,21,22). The van der Waals surface area contributed by atoms with Crippen molar-refractivity contribution >= 4 is 27.0 Å². The summed E-state index contributed by atoms with van der Waals surface area (Å²) in [5, 5.41) is 6.89. The third-order valence-corrected chi connectivity index (χ3v) is 5.28. The van der Waals surface area contributed by atoms with E-state index in [1.54, 1.807) is 0 Å². The van der Waals surface area contributed by atoms with E-state index in [1.165, 1.54) is 23.5 Å². The van der Waals surface area contributed by atoms with Gasteiger partial charge in [-0.3, -0.25) is 0 Å². The molecule has 8 heteroatoms. The predicted octanol–water partition coefficient (Wildman–Crippen LogP) is 2.77. The van der Waals surface area contributed by atoms with Crippen LogP contribution in [0.2, 0.25) is 0 Å². The van der Waals surface area contributed by atoms with E-state index in [2.05, 4.69) is 4.99 Å². The van der Waals surface area contributed by atoms with Gasteiger partial charge in [0.15, 0.2) is 4.80 Å². The average molecular weight is 363 g/mol. The summed E-state index contributed by atoms with van der Waals surface area (Å²) in [7, 11) is -2.31. The van der Waals surface area contributed by atoms with Crippen molar-refractivity contribution in [1.29, 1.82) is 0 Å². The topological polar surface area (TPSA) is 77.5 Å². The van der Waals surface area contributed by atoms with Crippen LogP contribution in [0.25, 0.3) is 11.3 Å². The molecule has 2 N–H and O–H groups in total. The van der Waals surface area contributed by atoms with Gasteiger partial charge < -0.3 is 4.57 Å². The van der Waals surface area contributed by atoms with E-state index >= 15 is 0 Å². The summed E-state index contributed by atoms with van der Waals surface area (Å²) in [5.41, 5.74) is 2.08. The molecule has 0 unspecified atom stereocenters. The Kier molecular flexibility index (Phi) is 4.35. The Morgan fingerprint density at radius 1 is 1.17 bits per heavy atom. The second-order valence-electron chi connectivity index (χ2n) is 5.10. The molecule has 3 rings (SSSR count). The van der Waals surface area contributed by atoms with Gasteiger partial charge in [-0.1, -0.05) is 18.2 Å². The van der Waals surface area contributed by atoms with Crippen molar-refractivity contribution in [3.05, 3.63) is 64.5 Å². The van der Waals surface area contributed by atoms with Crippen LogP contribution in [0.3, 0.4) is 0 Å². The number of halogens is 1. The van der Waals surface area contributed by atoms with E-state index in [0.717, 1.165) is 22.2 Å². The molecule has 2 aromatic carbocycles. The highest BCUT2D eigenvalue weighted by molar-refractivity contribution is 7.89. The Bertz CT molecular complexity index is 1050. The highest BCUT2D eigenvalue weighted by Crippen LogP contribution is 2.24. The third-order valence-electron chi connectivity index (χ3n) is 3.44. The molecule has 0 saturated carbocycles. The Balaban J connectivity index is 2.11. The van der Waals surface area contributed by atoms with Crippen LogP contribution in [-0.4, -0.2) is 13.0 Å². The molecule has 1 aromatic heterocycles. The molecule has 0 spiro atoms. The number of benzene rings is 2. The van der Waals surface area contributed by atoms with Crippen LogP contribution in [0.15, 0.2) is 63.8 Å². The first-order chi connectivity index (χ1) is 11.4. The Morgan fingerprint density at radius 3 is 2.54 bits per heavy atom. The molecule has 124 valence electrons. The molecule has 0 aliphatic heterocycles. The SMILES string of the molecule is Cn1c(-c2ccc(F)c(S(N)(=O)=O)c2)csc1=Nc1ccccc1. The number of aromatic nitrogens is 1. The molecule has 0 amide bonds. The van der Waals surface area contributed by atoms with Crippen LogP contribution >= 0.6 is 11.3 Å². The summed E-state index contributed by atoms with van der Waals surface area (Å²) in [6.07, 6.45) is 0. The molecule has 0 aliphatic carbocycles. The third kappa shape index (κ3) is 3.30. The summed E-state index contributed by atoms with van der Waals surface area (Å²) in [6, 6.07) is 13.3. The summed E-state index contributed by atoms with van der Waals surface area (Å²) in [4.78, 5) is 4.75. The van der Waals surface area contributed by atoms with Crippen molar-refractivity contribution in [3.63, 3.8) is 0 Å². The summed E-state index contributed by atoms with van der Waals surface area (Å²) in [6.45, 7) is 0. The molecule has 0 fully saturated rings. The van der Waals surface area contributed by atoms with Gasteiger partial charge in [0.1, 0.15) is 10.7 Å². The number of primary sulfonamides is 1. The van der Waals surface area contributed by atoms with Gasteiger partial charge >= 0.3 is 0 Å². The minimum absolute atomic E-state index is 0.521. The minimum Gasteiger partial charge on any atom is -0.320 e. The van der Waals surface area contributed by atoms with E-state index in [4.69, 9.17) is 5.14 Å². The Morgan fingerprint density at radius 2 is 1.88 bits per heavy atom. The lowest BCUT2D eigenvalue weighted by atomic mass is 10.2. The maximum absolute atomic E-state index is 13.7. The van der Waals surface area contributed by atoms with Crippen molar-refractivity contribution in [2.45, 2.75) is 4.90 Å². The van der Waals surface area contributed by atoms with Gasteiger partial charge in [-0.25, -0.2) is 22.9 Å². The van der Waals surface area contributed by atoms with Crippen molar-refractivity contribution in [2.75, 3.05) is 0 Å². The summed E-state index contributed by atoms with van der Waals surface area (Å²) in [5.74, 6) is -0.867. The number of sulfonamides is 1. The Hall–Kier alpha value is -2.29. The number of para-hydroxylation sites is 1. The van der Waals surface area contributed by atoms with Gasteiger partial charge in [0.2, 0.25) is 10.0 Å². The second-order valence-corrected chi connectivity index (χ2v) is 7.47. The maximum Gasteiger partial charge on any atom is 0.240 e. The molecule has 0 atom stereocenters. The van der Waals surface area contributed by atoms with Crippen LogP contribution in [0.4, 0.5) is 10.1 Å². The predicted molar refractivity (Wildman–Crippen MR) is 91.7 cm³/mol. The lowest BCUT2D eigenvalue weighted by Gasteiger charge is -2.06. The molecule has 1 heterocycles. The number of thiazole rings is 1. The normalized spacial score (nSPS) is 12.5. The van der Waals surface area contributed by atoms with Crippen LogP contribution < -0.4 is 9.94 Å². The molecular formula is C16H14FN3O2S2. The van der Waals surface area contributed by atoms with E-state index in [-0.39, 0.29) is 0 Å². The van der Waals surface area contributed by atoms with Crippen molar-refractivity contribution in [1.82, 2.24) is 4.57 Å². The summed E-state index contributed by atoms with van der Waals surface area (Å²) >= 11 is 1.41. The fraction of sp³-hybridized carbons (Fsp3) is 0.0625. The Labute approximate surface area is 142 Å². The highest BCUT2D eigenvalue weighted by atomic mass is 32.2. The average Bonchev–Trinajstić information content (AvgIpc) is 2.89. The van der Waals surface area contributed by atoms with Crippen molar-refractivity contribution in [2.24, 2.45) is 17.2 Å². The van der Waals surface area contributed by atoms with Crippen molar-refractivity contribution < 1.29 is 12.8 Å². The molecule has 3 aromatic rings. The van der Waals surface area contributed by atoms with E-state index < -0.39 is 20.7 Å². The van der Waals surface area contributed by atoms with Gasteiger partial charge in [-0.2, -0.15) is 0 Å². The summed E-state index contributed by atoms with van der Waals surface area (Å²) < 4.78 is 38.5. The zero-order valence-electron chi connectivity index (χ0n) is 12.7. The smallest absolute Gasteiger partial charge is 0.240 e.